The van der Waals surface area contributed by atoms with E-state index in [-0.39, 0.29) is 4.90 Å². The molecule has 1 aliphatic rings. The van der Waals surface area contributed by atoms with Crippen LogP contribution in [0, 0.1) is 27.7 Å². The minimum absolute atomic E-state index is 0.0292. The van der Waals surface area contributed by atoms with Crippen molar-refractivity contribution in [3.63, 3.8) is 0 Å². The Morgan fingerprint density at radius 2 is 1.62 bits per heavy atom. The van der Waals surface area contributed by atoms with Gasteiger partial charge in [0.1, 0.15) is 11.3 Å². The molecule has 1 aliphatic carbocycles. The second-order valence-corrected chi connectivity index (χ2v) is 12.8. The van der Waals surface area contributed by atoms with E-state index in [1.165, 1.54) is 6.07 Å². The molecule has 2 aromatic heterocycles. The lowest BCUT2D eigenvalue weighted by atomic mass is 10.0. The third kappa shape index (κ3) is 5.39. The van der Waals surface area contributed by atoms with Gasteiger partial charge in [-0.1, -0.05) is 60.2 Å². The highest BCUT2D eigenvalue weighted by atomic mass is 32.2. The second-order valence-electron chi connectivity index (χ2n) is 11.2. The smallest absolute Gasteiger partial charge is 0.308 e. The van der Waals surface area contributed by atoms with Crippen molar-refractivity contribution in [2.45, 2.75) is 57.9 Å². The molecule has 3 aromatic carbocycles. The van der Waals surface area contributed by atoms with Crippen molar-refractivity contribution in [2.24, 2.45) is 0 Å². The van der Waals surface area contributed by atoms with Crippen LogP contribution in [0.1, 0.15) is 52.4 Å². The summed E-state index contributed by atoms with van der Waals surface area (Å²) in [6.07, 6.45) is 4.11. The fraction of sp³-hybridized carbons (Fsp3) is 0.242. The highest BCUT2D eigenvalue weighted by molar-refractivity contribution is 7.90. The average Bonchev–Trinajstić information content (AvgIpc) is 3.73. The van der Waals surface area contributed by atoms with Crippen LogP contribution in [0.25, 0.3) is 22.3 Å². The number of sulfonamides is 1. The predicted molar refractivity (Wildman–Crippen MR) is 165 cm³/mol. The summed E-state index contributed by atoms with van der Waals surface area (Å²) in [5.74, 6) is 1.55. The van der Waals surface area contributed by atoms with Crippen LogP contribution in [0.4, 0.5) is 10.5 Å². The maximum absolute atomic E-state index is 13.4. The van der Waals surface area contributed by atoms with Crippen molar-refractivity contribution in [3.8, 4) is 11.1 Å². The van der Waals surface area contributed by atoms with E-state index >= 15 is 0 Å². The van der Waals surface area contributed by atoms with Gasteiger partial charge in [-0.05, 0) is 80.5 Å². The van der Waals surface area contributed by atoms with Crippen LogP contribution in [0.3, 0.4) is 0 Å². The zero-order valence-corrected chi connectivity index (χ0v) is 24.9. The van der Waals surface area contributed by atoms with Crippen LogP contribution in [0.2, 0.25) is 0 Å². The summed E-state index contributed by atoms with van der Waals surface area (Å²) in [5.41, 5.74) is 8.63. The molecule has 0 aliphatic heterocycles. The number of rotatable bonds is 7. The lowest BCUT2D eigenvalue weighted by Crippen LogP contribution is -2.35. The molecule has 0 saturated heterocycles. The maximum atomic E-state index is 13.4. The number of carbonyl (C=O) groups is 1. The van der Waals surface area contributed by atoms with E-state index < -0.39 is 16.1 Å². The van der Waals surface area contributed by atoms with Crippen LogP contribution in [0.5, 0.6) is 0 Å². The van der Waals surface area contributed by atoms with Crippen molar-refractivity contribution in [1.82, 2.24) is 19.3 Å². The number of urea groups is 1. The summed E-state index contributed by atoms with van der Waals surface area (Å²) in [5, 5.41) is 2.71. The molecule has 6 rings (SSSR count). The first-order chi connectivity index (χ1) is 20.1. The monoisotopic (exact) mass is 579 g/mol. The normalized spacial score (nSPS) is 13.3. The van der Waals surface area contributed by atoms with E-state index in [0.29, 0.717) is 23.7 Å². The van der Waals surface area contributed by atoms with Gasteiger partial charge in [0, 0.05) is 23.4 Å². The maximum Gasteiger partial charge on any atom is 0.333 e. The second kappa shape index (κ2) is 10.7. The number of imidazole rings is 1. The number of hydrogen-bond acceptors (Lipinski definition) is 5. The van der Waals surface area contributed by atoms with Crippen LogP contribution in [-0.2, 0) is 16.6 Å². The molecule has 8 nitrogen and oxygen atoms in total. The minimum Gasteiger partial charge on any atom is -0.308 e. The predicted octanol–water partition coefficient (Wildman–Crippen LogP) is 6.77. The molecule has 0 unspecified atom stereocenters. The molecule has 2 heterocycles. The average molecular weight is 580 g/mol. The molecule has 9 heteroatoms. The van der Waals surface area contributed by atoms with E-state index in [0.717, 1.165) is 63.2 Å². The first kappa shape index (κ1) is 27.7. The van der Waals surface area contributed by atoms with Crippen LogP contribution >= 0.6 is 0 Å². The molecule has 2 N–H and O–H groups in total. The highest BCUT2D eigenvalue weighted by Crippen LogP contribution is 2.41. The molecule has 0 radical (unpaired) electrons. The first-order valence-electron chi connectivity index (χ1n) is 14.0. The van der Waals surface area contributed by atoms with Crippen molar-refractivity contribution < 1.29 is 13.2 Å². The molecule has 0 spiro atoms. The Hall–Kier alpha value is -4.50. The van der Waals surface area contributed by atoms with E-state index in [2.05, 4.69) is 26.5 Å². The number of amides is 2. The Balaban J connectivity index is 1.25. The number of aromatic nitrogens is 3. The Kier molecular flexibility index (Phi) is 7.06. The van der Waals surface area contributed by atoms with Crippen molar-refractivity contribution in [3.05, 3.63) is 107 Å². The van der Waals surface area contributed by atoms with Crippen molar-refractivity contribution in [1.29, 1.82) is 0 Å². The highest BCUT2D eigenvalue weighted by Gasteiger charge is 2.30. The van der Waals surface area contributed by atoms with E-state index in [1.807, 2.05) is 69.4 Å². The first-order valence-corrected chi connectivity index (χ1v) is 15.5. The number of carbonyl (C=O) groups excluding carboxylic acids is 1. The van der Waals surface area contributed by atoms with Gasteiger partial charge in [0.25, 0.3) is 10.0 Å². The zero-order valence-electron chi connectivity index (χ0n) is 24.1. The number of nitrogens with one attached hydrogen (secondary N) is 2. The summed E-state index contributed by atoms with van der Waals surface area (Å²) >= 11 is 0. The molecular formula is C33H33N5O3S. The van der Waals surface area contributed by atoms with Gasteiger partial charge in [-0.25, -0.2) is 27.9 Å². The fourth-order valence-corrected chi connectivity index (χ4v) is 6.71. The third-order valence-electron chi connectivity index (χ3n) is 7.73. The van der Waals surface area contributed by atoms with Crippen LogP contribution in [-0.4, -0.2) is 29.0 Å². The largest absolute Gasteiger partial charge is 0.333 e. The summed E-state index contributed by atoms with van der Waals surface area (Å²) in [4.78, 5) is 22.4. The van der Waals surface area contributed by atoms with E-state index in [9.17, 15) is 13.2 Å². The third-order valence-corrected chi connectivity index (χ3v) is 9.12. The molecule has 5 aromatic rings. The molecular weight excluding hydrogens is 546 g/mol. The number of aryl methyl sites for hydroxylation is 4. The molecule has 0 atom stereocenters. The Bertz CT molecular complexity index is 1920. The van der Waals surface area contributed by atoms with Gasteiger partial charge < -0.3 is 9.88 Å². The Morgan fingerprint density at radius 1 is 0.929 bits per heavy atom. The van der Waals surface area contributed by atoms with Crippen LogP contribution in [0.15, 0.2) is 77.8 Å². The standard InChI is InChI=1S/C33H33N5O3S/c1-20-17-22(3)29(23(4)18-20)36-33(39)37-42(40,41)28-8-6-5-7-27(28)25-11-9-24(10-12-25)19-38-31(26-13-14-26)35-30-21(2)15-16-34-32(30)38/h5-12,15-18,26H,13-14,19H2,1-4H3,(H2,36,37,39). The number of hydrogen-bond donors (Lipinski definition) is 2. The summed E-state index contributed by atoms with van der Waals surface area (Å²) < 4.78 is 31.2. The Morgan fingerprint density at radius 3 is 2.31 bits per heavy atom. The van der Waals surface area contributed by atoms with Gasteiger partial charge in [0.15, 0.2) is 5.65 Å². The van der Waals surface area contributed by atoms with Gasteiger partial charge in [-0.15, -0.1) is 0 Å². The number of benzene rings is 3. The molecule has 1 saturated carbocycles. The number of anilines is 1. The SMILES string of the molecule is Cc1cc(C)c(NC(=O)NS(=O)(=O)c2ccccc2-c2ccc(Cn3c(C4CC4)nc4c(C)ccnc43)cc2)c(C)c1. The van der Waals surface area contributed by atoms with Gasteiger partial charge >= 0.3 is 6.03 Å². The number of nitrogens with zero attached hydrogens (tertiary/aromatic N) is 3. The van der Waals surface area contributed by atoms with E-state index in [1.54, 1.807) is 18.2 Å². The molecule has 214 valence electrons. The summed E-state index contributed by atoms with van der Waals surface area (Å²) in [7, 11) is -4.16. The van der Waals surface area contributed by atoms with Crippen molar-refractivity contribution >= 4 is 32.9 Å². The van der Waals surface area contributed by atoms with Crippen LogP contribution < -0.4 is 10.0 Å². The van der Waals surface area contributed by atoms with Gasteiger partial charge in [-0.3, -0.25) is 0 Å². The number of pyridine rings is 1. The van der Waals surface area contributed by atoms with Gasteiger partial charge in [0.2, 0.25) is 0 Å². The molecule has 1 fully saturated rings. The quantitative estimate of drug-likeness (QED) is 0.221. The van der Waals surface area contributed by atoms with Gasteiger partial charge in [0.05, 0.1) is 11.4 Å². The fourth-order valence-electron chi connectivity index (χ4n) is 5.57. The molecule has 42 heavy (non-hydrogen) atoms. The van der Waals surface area contributed by atoms with Crippen molar-refractivity contribution in [2.75, 3.05) is 5.32 Å². The Labute approximate surface area is 245 Å². The van der Waals surface area contributed by atoms with Gasteiger partial charge in [-0.2, -0.15) is 0 Å². The zero-order chi connectivity index (χ0) is 29.6. The molecule has 0 bridgehead atoms. The summed E-state index contributed by atoms with van der Waals surface area (Å²) in [6, 6.07) is 19.6. The summed E-state index contributed by atoms with van der Waals surface area (Å²) in [6.45, 7) is 8.41. The topological polar surface area (TPSA) is 106 Å². The van der Waals surface area contributed by atoms with E-state index in [4.69, 9.17) is 4.98 Å². The molecule has 2 amide bonds. The minimum atomic E-state index is -4.16. The number of fused-ring (bicyclic) bond motifs is 1. The lowest BCUT2D eigenvalue weighted by Gasteiger charge is -2.15. The lowest BCUT2D eigenvalue weighted by molar-refractivity contribution is 0.256.